The molecule has 2 amide bonds. The summed E-state index contributed by atoms with van der Waals surface area (Å²) in [5.74, 6) is 0. The first-order chi connectivity index (χ1) is 12.1. The van der Waals surface area contributed by atoms with E-state index in [1.165, 1.54) is 11.3 Å². The van der Waals surface area contributed by atoms with Crippen LogP contribution in [-0.2, 0) is 13.0 Å². The summed E-state index contributed by atoms with van der Waals surface area (Å²) in [5.41, 5.74) is 4.19. The van der Waals surface area contributed by atoms with Crippen molar-refractivity contribution in [2.75, 3.05) is 11.9 Å². The molecule has 6 heteroatoms. The lowest BCUT2D eigenvalue weighted by atomic mass is 10.1. The van der Waals surface area contributed by atoms with Crippen molar-refractivity contribution in [3.8, 4) is 0 Å². The fourth-order valence-electron chi connectivity index (χ4n) is 3.10. The van der Waals surface area contributed by atoms with Gasteiger partial charge in [0.2, 0.25) is 0 Å². The molecule has 0 aliphatic rings. The molecule has 0 saturated heterocycles. The third-order valence-corrected chi connectivity index (χ3v) is 4.42. The number of pyridine rings is 1. The quantitative estimate of drug-likeness (QED) is 0.749. The van der Waals surface area contributed by atoms with Crippen molar-refractivity contribution in [1.82, 2.24) is 20.1 Å². The van der Waals surface area contributed by atoms with E-state index < -0.39 is 0 Å². The Bertz CT molecular complexity index is 895. The largest absolute Gasteiger partial charge is 0.338 e. The summed E-state index contributed by atoms with van der Waals surface area (Å²) < 4.78 is 1.99. The summed E-state index contributed by atoms with van der Waals surface area (Å²) in [6.07, 6.45) is 4.28. The lowest BCUT2D eigenvalue weighted by Gasteiger charge is -2.10. The minimum atomic E-state index is -0.206. The maximum Gasteiger partial charge on any atom is 0.319 e. The second-order valence-corrected chi connectivity index (χ2v) is 6.00. The topological polar surface area (TPSA) is 71.8 Å². The first-order valence-corrected chi connectivity index (χ1v) is 8.50. The molecule has 3 aromatic rings. The van der Waals surface area contributed by atoms with E-state index in [-0.39, 0.29) is 6.03 Å². The molecule has 2 aromatic heterocycles. The third-order valence-electron chi connectivity index (χ3n) is 4.42. The summed E-state index contributed by atoms with van der Waals surface area (Å²) in [6.45, 7) is 7.59. The molecule has 0 fully saturated rings. The van der Waals surface area contributed by atoms with Crippen LogP contribution >= 0.6 is 0 Å². The van der Waals surface area contributed by atoms with E-state index in [1.54, 1.807) is 12.4 Å². The van der Waals surface area contributed by atoms with Gasteiger partial charge in [-0.1, -0.05) is 12.1 Å². The van der Waals surface area contributed by atoms with Crippen molar-refractivity contribution in [1.29, 1.82) is 0 Å². The highest BCUT2D eigenvalue weighted by molar-refractivity contribution is 6.01. The van der Waals surface area contributed by atoms with Gasteiger partial charge in [-0.2, -0.15) is 5.10 Å². The molecule has 3 rings (SSSR count). The maximum absolute atomic E-state index is 12.2. The summed E-state index contributed by atoms with van der Waals surface area (Å²) in [7, 11) is 0. The van der Waals surface area contributed by atoms with Gasteiger partial charge in [-0.25, -0.2) is 4.79 Å². The number of nitrogens with zero attached hydrogens (tertiary/aromatic N) is 3. The van der Waals surface area contributed by atoms with Gasteiger partial charge in [0.05, 0.1) is 11.4 Å². The molecule has 0 radical (unpaired) electrons. The van der Waals surface area contributed by atoms with Crippen LogP contribution in [0.4, 0.5) is 10.5 Å². The van der Waals surface area contributed by atoms with Gasteiger partial charge in [-0.15, -0.1) is 0 Å². The number of urea groups is 1. The number of amides is 2. The molecule has 2 N–H and O–H groups in total. The molecule has 0 saturated carbocycles. The van der Waals surface area contributed by atoms with E-state index in [0.717, 1.165) is 35.1 Å². The van der Waals surface area contributed by atoms with E-state index >= 15 is 0 Å². The fraction of sp³-hybridized carbons (Fsp3) is 0.316. The average Bonchev–Trinajstić information content (AvgIpc) is 2.89. The number of anilines is 1. The second kappa shape index (κ2) is 7.34. The number of aryl methyl sites for hydroxylation is 2. The van der Waals surface area contributed by atoms with Crippen LogP contribution in [0.5, 0.6) is 0 Å². The third kappa shape index (κ3) is 3.63. The fourth-order valence-corrected chi connectivity index (χ4v) is 3.10. The molecule has 0 atom stereocenters. The lowest BCUT2D eigenvalue weighted by Crippen LogP contribution is -2.30. The standard InChI is InChI=1S/C19H23N5O/c1-4-24-14(3)16(13(2)23-24)9-11-21-19(25)22-18-7-5-6-15-12-20-10-8-17(15)18/h5-8,10,12H,4,9,11H2,1-3H3,(H2,21,22,25). The van der Waals surface area contributed by atoms with Crippen LogP contribution in [0.1, 0.15) is 23.9 Å². The number of carbonyl (C=O) groups excluding carboxylic acids is 1. The molecule has 0 unspecified atom stereocenters. The van der Waals surface area contributed by atoms with Crippen LogP contribution in [0.25, 0.3) is 10.8 Å². The maximum atomic E-state index is 12.2. The van der Waals surface area contributed by atoms with Crippen LogP contribution in [0, 0.1) is 13.8 Å². The summed E-state index contributed by atoms with van der Waals surface area (Å²) in [5, 5.41) is 12.3. The van der Waals surface area contributed by atoms with E-state index in [2.05, 4.69) is 34.6 Å². The van der Waals surface area contributed by atoms with Gasteiger partial charge in [-0.3, -0.25) is 9.67 Å². The van der Waals surface area contributed by atoms with Gasteiger partial charge < -0.3 is 10.6 Å². The number of hydrogen-bond acceptors (Lipinski definition) is 3. The normalized spacial score (nSPS) is 10.8. The minimum Gasteiger partial charge on any atom is -0.338 e. The highest BCUT2D eigenvalue weighted by Crippen LogP contribution is 2.21. The Hall–Kier alpha value is -2.89. The number of rotatable bonds is 5. The smallest absolute Gasteiger partial charge is 0.319 e. The van der Waals surface area contributed by atoms with Gasteiger partial charge in [0.1, 0.15) is 0 Å². The number of fused-ring (bicyclic) bond motifs is 1. The first kappa shape index (κ1) is 17.0. The molecule has 0 aliphatic heterocycles. The Morgan fingerprint density at radius 1 is 1.24 bits per heavy atom. The van der Waals surface area contributed by atoms with Crippen LogP contribution < -0.4 is 10.6 Å². The van der Waals surface area contributed by atoms with Gasteiger partial charge in [-0.05, 0) is 44.9 Å². The highest BCUT2D eigenvalue weighted by atomic mass is 16.2. The Labute approximate surface area is 147 Å². The zero-order valence-electron chi connectivity index (χ0n) is 14.8. The number of nitrogens with one attached hydrogen (secondary N) is 2. The number of benzene rings is 1. The average molecular weight is 337 g/mol. The van der Waals surface area contributed by atoms with Crippen molar-refractivity contribution in [3.63, 3.8) is 0 Å². The van der Waals surface area contributed by atoms with Crippen LogP contribution in [0.15, 0.2) is 36.7 Å². The Balaban J connectivity index is 1.61. The van der Waals surface area contributed by atoms with Crippen LogP contribution in [0.2, 0.25) is 0 Å². The summed E-state index contributed by atoms with van der Waals surface area (Å²) in [6, 6.07) is 7.47. The molecule has 25 heavy (non-hydrogen) atoms. The predicted octanol–water partition coefficient (Wildman–Crippen LogP) is 3.43. The number of carbonyl (C=O) groups is 1. The van der Waals surface area contributed by atoms with Crippen molar-refractivity contribution in [2.24, 2.45) is 0 Å². The van der Waals surface area contributed by atoms with Crippen LogP contribution in [0.3, 0.4) is 0 Å². The molecule has 0 spiro atoms. The Kier molecular flexibility index (Phi) is 4.97. The zero-order valence-corrected chi connectivity index (χ0v) is 14.8. The Morgan fingerprint density at radius 3 is 2.84 bits per heavy atom. The van der Waals surface area contributed by atoms with Crippen LogP contribution in [-0.4, -0.2) is 27.3 Å². The van der Waals surface area contributed by atoms with Crippen molar-refractivity contribution >= 4 is 22.5 Å². The van der Waals surface area contributed by atoms with Gasteiger partial charge >= 0.3 is 6.03 Å². The van der Waals surface area contributed by atoms with E-state index in [0.29, 0.717) is 6.54 Å². The zero-order chi connectivity index (χ0) is 17.8. The SMILES string of the molecule is CCn1nc(C)c(CCNC(=O)Nc2cccc3cnccc23)c1C. The van der Waals surface area contributed by atoms with Crippen molar-refractivity contribution in [2.45, 2.75) is 33.7 Å². The molecular weight excluding hydrogens is 314 g/mol. The summed E-state index contributed by atoms with van der Waals surface area (Å²) >= 11 is 0. The van der Waals surface area contributed by atoms with Crippen molar-refractivity contribution < 1.29 is 4.79 Å². The van der Waals surface area contributed by atoms with Gasteiger partial charge in [0.25, 0.3) is 0 Å². The Morgan fingerprint density at radius 2 is 2.08 bits per heavy atom. The summed E-state index contributed by atoms with van der Waals surface area (Å²) in [4.78, 5) is 16.3. The molecule has 130 valence electrons. The molecule has 0 aliphatic carbocycles. The lowest BCUT2D eigenvalue weighted by molar-refractivity contribution is 0.252. The molecule has 2 heterocycles. The molecule has 1 aromatic carbocycles. The molecule has 0 bridgehead atoms. The van der Waals surface area contributed by atoms with E-state index in [9.17, 15) is 4.79 Å². The minimum absolute atomic E-state index is 0.206. The van der Waals surface area contributed by atoms with Crippen molar-refractivity contribution in [3.05, 3.63) is 53.6 Å². The van der Waals surface area contributed by atoms with Gasteiger partial charge in [0, 0.05) is 41.9 Å². The molecule has 6 nitrogen and oxygen atoms in total. The van der Waals surface area contributed by atoms with Gasteiger partial charge in [0.15, 0.2) is 0 Å². The number of hydrogen-bond donors (Lipinski definition) is 2. The second-order valence-electron chi connectivity index (χ2n) is 6.00. The predicted molar refractivity (Wildman–Crippen MR) is 99.8 cm³/mol. The first-order valence-electron chi connectivity index (χ1n) is 8.50. The van der Waals surface area contributed by atoms with E-state index in [1.807, 2.05) is 35.9 Å². The monoisotopic (exact) mass is 337 g/mol. The number of aromatic nitrogens is 3. The van der Waals surface area contributed by atoms with E-state index in [4.69, 9.17) is 0 Å². The highest BCUT2D eigenvalue weighted by Gasteiger charge is 2.11. The molecular formula is C19H23N5O.